The molecule has 1 aliphatic rings. The van der Waals surface area contributed by atoms with Gasteiger partial charge in [0.1, 0.15) is 0 Å². The zero-order valence-electron chi connectivity index (χ0n) is 10.2. The van der Waals surface area contributed by atoms with Gasteiger partial charge in [0.15, 0.2) is 0 Å². The third-order valence-corrected chi connectivity index (χ3v) is 3.71. The molecule has 0 saturated heterocycles. The maximum Gasteiger partial charge on any atom is 0.308 e. The zero-order valence-corrected chi connectivity index (χ0v) is 10.2. The normalized spacial score (nSPS) is 28.4. The highest BCUT2D eigenvalue weighted by molar-refractivity contribution is 5.80. The average Bonchev–Trinajstić information content (AvgIpc) is 2.62. The monoisotopic (exact) mass is 227 g/mol. The molecule has 1 saturated carbocycles. The molecule has 1 fully saturated rings. The smallest absolute Gasteiger partial charge is 0.308 e. The van der Waals surface area contributed by atoms with Crippen molar-refractivity contribution in [3.8, 4) is 0 Å². The van der Waals surface area contributed by atoms with Crippen LogP contribution in [0.1, 0.15) is 40.0 Å². The Hall–Kier alpha value is -1.06. The van der Waals surface area contributed by atoms with Gasteiger partial charge in [-0.2, -0.15) is 0 Å². The lowest BCUT2D eigenvalue weighted by molar-refractivity contribution is -0.142. The standard InChI is InChI=1S/C12H21NO3/c1-7-5-4-6-10(7)11(14)13-9(3)8(2)12(15)16/h7-10H,4-6H2,1-3H3,(H,13,14)(H,15,16). The van der Waals surface area contributed by atoms with E-state index >= 15 is 0 Å². The van der Waals surface area contributed by atoms with Crippen molar-refractivity contribution in [2.45, 2.75) is 46.1 Å². The van der Waals surface area contributed by atoms with Gasteiger partial charge in [-0.1, -0.05) is 13.3 Å². The molecule has 0 aromatic carbocycles. The van der Waals surface area contributed by atoms with Crippen LogP contribution in [0.15, 0.2) is 0 Å². The van der Waals surface area contributed by atoms with Crippen LogP contribution >= 0.6 is 0 Å². The van der Waals surface area contributed by atoms with Gasteiger partial charge in [0.05, 0.1) is 5.92 Å². The van der Waals surface area contributed by atoms with Gasteiger partial charge in [0, 0.05) is 12.0 Å². The minimum Gasteiger partial charge on any atom is -0.481 e. The number of carbonyl (C=O) groups is 2. The maximum atomic E-state index is 11.9. The van der Waals surface area contributed by atoms with E-state index in [-0.39, 0.29) is 17.9 Å². The van der Waals surface area contributed by atoms with E-state index in [0.717, 1.165) is 19.3 Å². The molecule has 92 valence electrons. The molecule has 0 aromatic rings. The van der Waals surface area contributed by atoms with E-state index in [1.54, 1.807) is 13.8 Å². The van der Waals surface area contributed by atoms with E-state index in [2.05, 4.69) is 12.2 Å². The molecule has 4 atom stereocenters. The SMILES string of the molecule is CC1CCCC1C(=O)NC(C)C(C)C(=O)O. The molecule has 1 amide bonds. The lowest BCUT2D eigenvalue weighted by Crippen LogP contribution is -2.43. The molecular formula is C12H21NO3. The van der Waals surface area contributed by atoms with Gasteiger partial charge >= 0.3 is 5.97 Å². The van der Waals surface area contributed by atoms with Crippen LogP contribution in [0.5, 0.6) is 0 Å². The van der Waals surface area contributed by atoms with Gasteiger partial charge in [-0.3, -0.25) is 9.59 Å². The first-order chi connectivity index (χ1) is 7.43. The highest BCUT2D eigenvalue weighted by Gasteiger charge is 2.31. The third kappa shape index (κ3) is 2.97. The van der Waals surface area contributed by atoms with E-state index in [4.69, 9.17) is 5.11 Å². The van der Waals surface area contributed by atoms with Crippen LogP contribution in [-0.2, 0) is 9.59 Å². The van der Waals surface area contributed by atoms with E-state index in [0.29, 0.717) is 5.92 Å². The minimum absolute atomic E-state index is 0.0191. The Morgan fingerprint density at radius 1 is 1.31 bits per heavy atom. The van der Waals surface area contributed by atoms with Crippen LogP contribution in [0.3, 0.4) is 0 Å². The molecule has 0 radical (unpaired) electrons. The van der Waals surface area contributed by atoms with Crippen molar-refractivity contribution in [3.63, 3.8) is 0 Å². The Labute approximate surface area is 96.4 Å². The molecule has 0 aromatic heterocycles. The summed E-state index contributed by atoms with van der Waals surface area (Å²) in [5, 5.41) is 11.6. The summed E-state index contributed by atoms with van der Waals surface area (Å²) in [7, 11) is 0. The summed E-state index contributed by atoms with van der Waals surface area (Å²) >= 11 is 0. The van der Waals surface area contributed by atoms with Crippen LogP contribution in [0, 0.1) is 17.8 Å². The van der Waals surface area contributed by atoms with Gasteiger partial charge in [-0.05, 0) is 32.6 Å². The van der Waals surface area contributed by atoms with Gasteiger partial charge < -0.3 is 10.4 Å². The van der Waals surface area contributed by atoms with Gasteiger partial charge in [-0.15, -0.1) is 0 Å². The first kappa shape index (κ1) is 13.0. The van der Waals surface area contributed by atoms with Crippen LogP contribution in [-0.4, -0.2) is 23.0 Å². The predicted molar refractivity (Wildman–Crippen MR) is 60.9 cm³/mol. The summed E-state index contributed by atoms with van der Waals surface area (Å²) in [5.74, 6) is -0.894. The molecule has 1 aliphatic carbocycles. The second kappa shape index (κ2) is 5.32. The van der Waals surface area contributed by atoms with Crippen LogP contribution in [0.4, 0.5) is 0 Å². The van der Waals surface area contributed by atoms with Gasteiger partial charge in [0.2, 0.25) is 5.91 Å². The quantitative estimate of drug-likeness (QED) is 0.767. The molecule has 16 heavy (non-hydrogen) atoms. The van der Waals surface area contributed by atoms with Crippen molar-refractivity contribution in [1.82, 2.24) is 5.32 Å². The van der Waals surface area contributed by atoms with Crippen molar-refractivity contribution in [3.05, 3.63) is 0 Å². The summed E-state index contributed by atoms with van der Waals surface area (Å²) in [6, 6.07) is -0.308. The van der Waals surface area contributed by atoms with Gasteiger partial charge in [0.25, 0.3) is 0 Å². The number of rotatable bonds is 4. The summed E-state index contributed by atoms with van der Waals surface area (Å²) < 4.78 is 0. The fraction of sp³-hybridized carbons (Fsp3) is 0.833. The van der Waals surface area contributed by atoms with Crippen molar-refractivity contribution >= 4 is 11.9 Å². The molecule has 4 heteroatoms. The van der Waals surface area contributed by atoms with E-state index in [1.165, 1.54) is 0 Å². The van der Waals surface area contributed by atoms with Crippen LogP contribution in [0.25, 0.3) is 0 Å². The summed E-state index contributed by atoms with van der Waals surface area (Å²) in [6.07, 6.45) is 3.13. The summed E-state index contributed by atoms with van der Waals surface area (Å²) in [5.41, 5.74) is 0. The molecule has 4 nitrogen and oxygen atoms in total. The van der Waals surface area contributed by atoms with Crippen molar-refractivity contribution in [2.24, 2.45) is 17.8 Å². The highest BCUT2D eigenvalue weighted by atomic mass is 16.4. The Morgan fingerprint density at radius 3 is 2.38 bits per heavy atom. The first-order valence-electron chi connectivity index (χ1n) is 5.96. The number of aliphatic carboxylic acids is 1. The molecule has 0 bridgehead atoms. The van der Waals surface area contributed by atoms with Gasteiger partial charge in [-0.25, -0.2) is 0 Å². The number of carboxylic acids is 1. The fourth-order valence-corrected chi connectivity index (χ4v) is 2.21. The van der Waals surface area contributed by atoms with Crippen LogP contribution < -0.4 is 5.32 Å². The Kier molecular flexibility index (Phi) is 4.33. The average molecular weight is 227 g/mol. The maximum absolute atomic E-state index is 11.9. The molecule has 4 unspecified atom stereocenters. The summed E-state index contributed by atoms with van der Waals surface area (Å²) in [4.78, 5) is 22.6. The predicted octanol–water partition coefficient (Wildman–Crippen LogP) is 1.65. The third-order valence-electron chi connectivity index (χ3n) is 3.71. The number of carboxylic acid groups (broad SMARTS) is 1. The molecule has 0 aliphatic heterocycles. The van der Waals surface area contributed by atoms with Crippen molar-refractivity contribution < 1.29 is 14.7 Å². The molecular weight excluding hydrogens is 206 g/mol. The molecule has 1 rings (SSSR count). The number of hydrogen-bond acceptors (Lipinski definition) is 2. The van der Waals surface area contributed by atoms with Crippen molar-refractivity contribution in [2.75, 3.05) is 0 Å². The lowest BCUT2D eigenvalue weighted by Gasteiger charge is -2.21. The second-order valence-corrected chi connectivity index (χ2v) is 4.94. The highest BCUT2D eigenvalue weighted by Crippen LogP contribution is 2.31. The Bertz CT molecular complexity index is 277. The molecule has 2 N–H and O–H groups in total. The topological polar surface area (TPSA) is 66.4 Å². The van der Waals surface area contributed by atoms with E-state index in [1.807, 2.05) is 0 Å². The number of hydrogen-bond donors (Lipinski definition) is 2. The molecule has 0 heterocycles. The Morgan fingerprint density at radius 2 is 1.94 bits per heavy atom. The number of carbonyl (C=O) groups excluding carboxylic acids is 1. The first-order valence-corrected chi connectivity index (χ1v) is 5.96. The van der Waals surface area contributed by atoms with Crippen LogP contribution in [0.2, 0.25) is 0 Å². The number of amides is 1. The second-order valence-electron chi connectivity index (χ2n) is 4.94. The Balaban J connectivity index is 2.47. The zero-order chi connectivity index (χ0) is 12.3. The van der Waals surface area contributed by atoms with E-state index < -0.39 is 11.9 Å². The minimum atomic E-state index is -0.868. The fourth-order valence-electron chi connectivity index (χ4n) is 2.21. The largest absolute Gasteiger partial charge is 0.481 e. The summed E-state index contributed by atoms with van der Waals surface area (Å²) in [6.45, 7) is 5.45. The molecule has 0 spiro atoms. The van der Waals surface area contributed by atoms with Crippen molar-refractivity contribution in [1.29, 1.82) is 0 Å². The van der Waals surface area contributed by atoms with E-state index in [9.17, 15) is 9.59 Å². The number of nitrogens with one attached hydrogen (secondary N) is 1. The lowest BCUT2D eigenvalue weighted by atomic mass is 9.96.